The Kier molecular flexibility index (Phi) is 7.87. The zero-order valence-corrected chi connectivity index (χ0v) is 19.4. The predicted molar refractivity (Wildman–Crippen MR) is 120 cm³/mol. The lowest BCUT2D eigenvalue weighted by Gasteiger charge is -2.37. The Labute approximate surface area is 185 Å². The second-order valence-electron chi connectivity index (χ2n) is 9.24. The van der Waals surface area contributed by atoms with Crippen molar-refractivity contribution in [3.8, 4) is 0 Å². The van der Waals surface area contributed by atoms with Crippen LogP contribution in [0.1, 0.15) is 59.1 Å². The fourth-order valence-electron chi connectivity index (χ4n) is 3.85. The molecule has 3 atom stereocenters. The van der Waals surface area contributed by atoms with Crippen LogP contribution in [0.5, 0.6) is 0 Å². The molecule has 7 nitrogen and oxygen atoms in total. The minimum absolute atomic E-state index is 0.0869. The van der Waals surface area contributed by atoms with E-state index in [1.54, 1.807) is 38.7 Å². The van der Waals surface area contributed by atoms with Gasteiger partial charge < -0.3 is 15.3 Å². The molecule has 0 saturated carbocycles. The number of hydrogen-bond acceptors (Lipinski definition) is 3. The topological polar surface area (TPSA) is 90.0 Å². The Morgan fingerprint density at radius 1 is 1.16 bits per heavy atom. The molecule has 0 aliphatic carbocycles. The third kappa shape index (κ3) is 6.09. The minimum atomic E-state index is -1.14. The molecular weight excluding hydrogens is 394 g/mol. The summed E-state index contributed by atoms with van der Waals surface area (Å²) in [7, 11) is 0. The summed E-state index contributed by atoms with van der Waals surface area (Å²) in [6.07, 6.45) is 2.91. The van der Waals surface area contributed by atoms with E-state index in [1.807, 2.05) is 38.1 Å². The quantitative estimate of drug-likeness (QED) is 0.646. The fraction of sp³-hybridized carbons (Fsp3) is 0.542. The molecule has 1 aliphatic heterocycles. The van der Waals surface area contributed by atoms with Crippen LogP contribution in [0.15, 0.2) is 36.4 Å². The van der Waals surface area contributed by atoms with Crippen molar-refractivity contribution in [2.75, 3.05) is 0 Å². The van der Waals surface area contributed by atoms with Crippen LogP contribution in [-0.2, 0) is 22.7 Å². The second kappa shape index (κ2) is 9.98. The van der Waals surface area contributed by atoms with E-state index in [9.17, 15) is 19.5 Å². The van der Waals surface area contributed by atoms with Crippen LogP contribution in [-0.4, -0.2) is 50.4 Å². The van der Waals surface area contributed by atoms with E-state index in [4.69, 9.17) is 0 Å². The van der Waals surface area contributed by atoms with Crippen molar-refractivity contribution >= 4 is 17.9 Å². The number of nitrogens with zero attached hydrogens (tertiary/aromatic N) is 2. The van der Waals surface area contributed by atoms with E-state index in [-0.39, 0.29) is 23.8 Å². The van der Waals surface area contributed by atoms with Crippen molar-refractivity contribution in [3.63, 3.8) is 0 Å². The van der Waals surface area contributed by atoms with Gasteiger partial charge in [0.1, 0.15) is 6.04 Å². The summed E-state index contributed by atoms with van der Waals surface area (Å²) in [5.74, 6) is -0.397. The molecule has 2 rings (SSSR count). The molecule has 170 valence electrons. The van der Waals surface area contributed by atoms with Gasteiger partial charge in [-0.05, 0) is 44.7 Å². The summed E-state index contributed by atoms with van der Waals surface area (Å²) in [6, 6.07) is 6.76. The van der Waals surface area contributed by atoms with Crippen molar-refractivity contribution in [1.82, 2.24) is 15.1 Å². The number of carbonyl (C=O) groups is 3. The van der Waals surface area contributed by atoms with Crippen molar-refractivity contribution in [2.24, 2.45) is 5.92 Å². The van der Waals surface area contributed by atoms with E-state index in [0.29, 0.717) is 13.1 Å². The monoisotopic (exact) mass is 429 g/mol. The molecule has 3 amide bonds. The highest BCUT2D eigenvalue weighted by Crippen LogP contribution is 2.23. The van der Waals surface area contributed by atoms with Crippen LogP contribution in [0.4, 0.5) is 4.79 Å². The predicted octanol–water partition coefficient (Wildman–Crippen LogP) is 3.78. The number of nitrogens with one attached hydrogen (secondary N) is 1. The molecule has 0 bridgehead atoms. The highest BCUT2D eigenvalue weighted by Gasteiger charge is 2.35. The van der Waals surface area contributed by atoms with E-state index in [0.717, 1.165) is 22.4 Å². The first kappa shape index (κ1) is 24.4. The lowest BCUT2D eigenvalue weighted by atomic mass is 9.97. The maximum atomic E-state index is 12.9. The third-order valence-electron chi connectivity index (χ3n) is 5.86. The lowest BCUT2D eigenvalue weighted by molar-refractivity contribution is -0.128. The number of benzene rings is 1. The molecule has 0 aromatic heterocycles. The first-order valence-electron chi connectivity index (χ1n) is 10.8. The molecule has 0 fully saturated rings. The van der Waals surface area contributed by atoms with Crippen LogP contribution in [0, 0.1) is 5.92 Å². The summed E-state index contributed by atoms with van der Waals surface area (Å²) in [5, 5.41) is 12.5. The van der Waals surface area contributed by atoms with Gasteiger partial charge in [0.15, 0.2) is 0 Å². The van der Waals surface area contributed by atoms with Crippen LogP contribution in [0.3, 0.4) is 0 Å². The first-order chi connectivity index (χ1) is 14.5. The van der Waals surface area contributed by atoms with Gasteiger partial charge >= 0.3 is 6.09 Å². The smallest absolute Gasteiger partial charge is 0.408 e. The van der Waals surface area contributed by atoms with Gasteiger partial charge in [-0.25, -0.2) is 4.79 Å². The third-order valence-corrected chi connectivity index (χ3v) is 5.86. The SMILES string of the molecule is CC[C@H](C)[C@@H](C=CC(=O)N1Cc2ccccc2C1)NC(=O)[C@H](C)N(C(=O)O)C(C)(C)C. The van der Waals surface area contributed by atoms with E-state index in [1.165, 1.54) is 6.08 Å². The lowest BCUT2D eigenvalue weighted by Crippen LogP contribution is -2.57. The van der Waals surface area contributed by atoms with Crippen molar-refractivity contribution < 1.29 is 19.5 Å². The van der Waals surface area contributed by atoms with Gasteiger partial charge in [0, 0.05) is 24.7 Å². The van der Waals surface area contributed by atoms with Crippen molar-refractivity contribution in [1.29, 1.82) is 0 Å². The molecule has 1 aromatic carbocycles. The van der Waals surface area contributed by atoms with Gasteiger partial charge in [-0.1, -0.05) is 50.6 Å². The highest BCUT2D eigenvalue weighted by atomic mass is 16.4. The largest absolute Gasteiger partial charge is 0.465 e. The first-order valence-corrected chi connectivity index (χ1v) is 10.8. The Hall–Kier alpha value is -2.83. The highest BCUT2D eigenvalue weighted by molar-refractivity contribution is 5.89. The van der Waals surface area contributed by atoms with Crippen LogP contribution in [0.2, 0.25) is 0 Å². The number of carbonyl (C=O) groups excluding carboxylic acids is 2. The maximum Gasteiger partial charge on any atom is 0.408 e. The average molecular weight is 430 g/mol. The number of fused-ring (bicyclic) bond motifs is 1. The van der Waals surface area contributed by atoms with Crippen LogP contribution in [0.25, 0.3) is 0 Å². The van der Waals surface area contributed by atoms with Crippen LogP contribution >= 0.6 is 0 Å². The maximum absolute atomic E-state index is 12.9. The van der Waals surface area contributed by atoms with Gasteiger partial charge in [-0.2, -0.15) is 0 Å². The number of amides is 3. The van der Waals surface area contributed by atoms with Gasteiger partial charge in [0.2, 0.25) is 11.8 Å². The molecule has 0 radical (unpaired) electrons. The van der Waals surface area contributed by atoms with Gasteiger partial charge in [-0.15, -0.1) is 0 Å². The molecule has 1 heterocycles. The standard InChI is InChI=1S/C24H35N3O4/c1-7-16(2)20(25-22(29)17(3)27(23(30)31)24(4,5)6)12-13-21(28)26-14-18-10-8-9-11-19(18)15-26/h8-13,16-17,20H,7,14-15H2,1-6H3,(H,25,29)(H,30,31)/t16-,17-,20+/m0/s1. The van der Waals surface area contributed by atoms with Crippen LogP contribution < -0.4 is 5.32 Å². The number of carboxylic acid groups (broad SMARTS) is 1. The molecule has 0 spiro atoms. The summed E-state index contributed by atoms with van der Waals surface area (Å²) in [5.41, 5.74) is 1.59. The normalized spacial score (nSPS) is 16.5. The summed E-state index contributed by atoms with van der Waals surface area (Å²) in [4.78, 5) is 40.2. The summed E-state index contributed by atoms with van der Waals surface area (Å²) in [6.45, 7) is 12.0. The summed E-state index contributed by atoms with van der Waals surface area (Å²) < 4.78 is 0. The number of hydrogen-bond donors (Lipinski definition) is 2. The Bertz CT molecular complexity index is 818. The Balaban J connectivity index is 2.09. The Morgan fingerprint density at radius 2 is 1.71 bits per heavy atom. The fourth-order valence-corrected chi connectivity index (χ4v) is 3.85. The van der Waals surface area contributed by atoms with E-state index >= 15 is 0 Å². The van der Waals surface area contributed by atoms with E-state index < -0.39 is 17.7 Å². The molecule has 0 unspecified atom stereocenters. The average Bonchev–Trinajstić information content (AvgIpc) is 3.13. The minimum Gasteiger partial charge on any atom is -0.465 e. The zero-order chi connectivity index (χ0) is 23.3. The second-order valence-corrected chi connectivity index (χ2v) is 9.24. The van der Waals surface area contributed by atoms with Gasteiger partial charge in [0.25, 0.3) is 0 Å². The van der Waals surface area contributed by atoms with Crippen molar-refractivity contribution in [3.05, 3.63) is 47.5 Å². The molecule has 1 aromatic rings. The molecular formula is C24H35N3O4. The van der Waals surface area contributed by atoms with Gasteiger partial charge in [-0.3, -0.25) is 14.5 Å². The molecule has 31 heavy (non-hydrogen) atoms. The van der Waals surface area contributed by atoms with Crippen molar-refractivity contribution in [2.45, 2.75) is 78.7 Å². The Morgan fingerprint density at radius 3 is 2.16 bits per heavy atom. The van der Waals surface area contributed by atoms with E-state index in [2.05, 4.69) is 5.32 Å². The zero-order valence-electron chi connectivity index (χ0n) is 19.4. The summed E-state index contributed by atoms with van der Waals surface area (Å²) >= 11 is 0. The molecule has 2 N–H and O–H groups in total. The molecule has 7 heteroatoms. The molecule has 0 saturated heterocycles. The number of rotatable bonds is 7. The van der Waals surface area contributed by atoms with Gasteiger partial charge in [0.05, 0.1) is 6.04 Å². The molecule has 1 aliphatic rings.